The molecular formula is C11H21NO2. The largest absolute Gasteiger partial charge is 0.302 e. The molecule has 14 heavy (non-hydrogen) atoms. The van der Waals surface area contributed by atoms with E-state index in [4.69, 9.17) is 0 Å². The lowest BCUT2D eigenvalue weighted by Gasteiger charge is -2.26. The molecule has 0 saturated heterocycles. The molecule has 0 aliphatic carbocycles. The van der Waals surface area contributed by atoms with E-state index in [9.17, 15) is 9.59 Å². The minimum absolute atomic E-state index is 0.134. The molecule has 3 nitrogen and oxygen atoms in total. The van der Waals surface area contributed by atoms with Gasteiger partial charge in [-0.25, -0.2) is 0 Å². The predicted molar refractivity (Wildman–Crippen MR) is 57.3 cm³/mol. The van der Waals surface area contributed by atoms with Crippen molar-refractivity contribution in [2.24, 2.45) is 0 Å². The molecule has 0 rings (SSSR count). The van der Waals surface area contributed by atoms with E-state index in [0.29, 0.717) is 0 Å². The van der Waals surface area contributed by atoms with E-state index in [1.165, 1.54) is 6.92 Å². The molecule has 0 aromatic carbocycles. The highest BCUT2D eigenvalue weighted by Crippen LogP contribution is 2.07. The van der Waals surface area contributed by atoms with Crippen molar-refractivity contribution in [1.82, 2.24) is 5.32 Å². The molecule has 0 saturated carbocycles. The number of carbonyl (C=O) groups is 2. The molecule has 82 valence electrons. The fourth-order valence-corrected chi connectivity index (χ4v) is 1.33. The number of Topliss-reactive ketones (excluding diaryl/α,β-unsaturated/α-hetero) is 2. The van der Waals surface area contributed by atoms with Crippen LogP contribution in [0.3, 0.4) is 0 Å². The Labute approximate surface area is 86.3 Å². The topological polar surface area (TPSA) is 46.2 Å². The van der Waals surface area contributed by atoms with Gasteiger partial charge in [0.05, 0.1) is 6.04 Å². The van der Waals surface area contributed by atoms with Crippen LogP contribution < -0.4 is 5.32 Å². The van der Waals surface area contributed by atoms with Gasteiger partial charge in [-0.15, -0.1) is 0 Å². The summed E-state index contributed by atoms with van der Waals surface area (Å²) >= 11 is 0. The molecule has 0 unspecified atom stereocenters. The minimum atomic E-state index is -0.361. The number of ketones is 2. The summed E-state index contributed by atoms with van der Waals surface area (Å²) < 4.78 is 0. The van der Waals surface area contributed by atoms with E-state index in [2.05, 4.69) is 5.32 Å². The summed E-state index contributed by atoms with van der Waals surface area (Å²) in [5.74, 6) is -0.665. The number of carbonyl (C=O) groups excluding carboxylic acids is 2. The van der Waals surface area contributed by atoms with Crippen LogP contribution in [-0.2, 0) is 9.59 Å². The summed E-state index contributed by atoms with van der Waals surface area (Å²) in [7, 11) is 0. The van der Waals surface area contributed by atoms with Crippen molar-refractivity contribution in [3.05, 3.63) is 0 Å². The van der Waals surface area contributed by atoms with E-state index in [-0.39, 0.29) is 23.1 Å². The molecule has 1 atom stereocenters. The van der Waals surface area contributed by atoms with Crippen LogP contribution in [0.5, 0.6) is 0 Å². The van der Waals surface area contributed by atoms with Crippen molar-refractivity contribution in [2.75, 3.05) is 0 Å². The number of hydrogen-bond donors (Lipinski definition) is 1. The fraction of sp³-hybridized carbons (Fsp3) is 0.818. The Kier molecular flexibility index (Phi) is 4.99. The molecule has 0 fully saturated rings. The summed E-state index contributed by atoms with van der Waals surface area (Å²) in [4.78, 5) is 22.5. The standard InChI is InChI=1S/C11H21NO2/c1-6-7-9(10(14)8(2)13)12-11(3,4)5/h9,12H,6-7H2,1-5H3/t9-/m0/s1. The molecule has 0 aromatic rings. The van der Waals surface area contributed by atoms with E-state index < -0.39 is 0 Å². The van der Waals surface area contributed by atoms with Gasteiger partial charge in [-0.2, -0.15) is 0 Å². The van der Waals surface area contributed by atoms with Gasteiger partial charge >= 0.3 is 0 Å². The number of nitrogens with one attached hydrogen (secondary N) is 1. The maximum absolute atomic E-state index is 11.5. The minimum Gasteiger partial charge on any atom is -0.302 e. The van der Waals surface area contributed by atoms with E-state index in [1.807, 2.05) is 27.7 Å². The first-order chi connectivity index (χ1) is 6.28. The van der Waals surface area contributed by atoms with Crippen LogP contribution in [0.15, 0.2) is 0 Å². The van der Waals surface area contributed by atoms with Crippen molar-refractivity contribution in [3.8, 4) is 0 Å². The van der Waals surface area contributed by atoms with Crippen molar-refractivity contribution in [3.63, 3.8) is 0 Å². The second kappa shape index (κ2) is 5.25. The zero-order valence-corrected chi connectivity index (χ0v) is 9.81. The number of hydrogen-bond acceptors (Lipinski definition) is 3. The molecule has 0 heterocycles. The maximum Gasteiger partial charge on any atom is 0.214 e. The van der Waals surface area contributed by atoms with Gasteiger partial charge < -0.3 is 5.32 Å². The van der Waals surface area contributed by atoms with Crippen molar-refractivity contribution in [2.45, 2.75) is 59.0 Å². The molecule has 0 aliphatic heterocycles. The number of rotatable bonds is 5. The van der Waals surface area contributed by atoms with Crippen LogP contribution in [0, 0.1) is 0 Å². The molecule has 1 N–H and O–H groups in total. The lowest BCUT2D eigenvalue weighted by atomic mass is 10.00. The van der Waals surface area contributed by atoms with E-state index in [1.54, 1.807) is 0 Å². The quantitative estimate of drug-likeness (QED) is 0.685. The molecule has 0 aromatic heterocycles. The van der Waals surface area contributed by atoms with Crippen LogP contribution in [-0.4, -0.2) is 23.1 Å². The molecule has 0 aliphatic rings. The fourth-order valence-electron chi connectivity index (χ4n) is 1.33. The van der Waals surface area contributed by atoms with Gasteiger partial charge in [0.15, 0.2) is 5.78 Å². The van der Waals surface area contributed by atoms with Gasteiger partial charge in [-0.05, 0) is 27.2 Å². The zero-order valence-electron chi connectivity index (χ0n) is 9.81. The van der Waals surface area contributed by atoms with Gasteiger partial charge in [-0.1, -0.05) is 13.3 Å². The highest BCUT2D eigenvalue weighted by Gasteiger charge is 2.25. The normalized spacial score (nSPS) is 13.8. The molecule has 0 amide bonds. The average Bonchev–Trinajstić information content (AvgIpc) is 1.99. The van der Waals surface area contributed by atoms with Crippen LogP contribution in [0.4, 0.5) is 0 Å². The van der Waals surface area contributed by atoms with E-state index in [0.717, 1.165) is 12.8 Å². The lowest BCUT2D eigenvalue weighted by Crippen LogP contribution is -2.49. The Morgan fingerprint density at radius 3 is 2.07 bits per heavy atom. The van der Waals surface area contributed by atoms with Crippen molar-refractivity contribution >= 4 is 11.6 Å². The first-order valence-electron chi connectivity index (χ1n) is 5.10. The van der Waals surface area contributed by atoms with Gasteiger partial charge in [0.2, 0.25) is 5.78 Å². The summed E-state index contributed by atoms with van der Waals surface area (Å²) in [5.41, 5.74) is -0.134. The maximum atomic E-state index is 11.5. The third-order valence-electron chi connectivity index (χ3n) is 1.85. The zero-order chi connectivity index (χ0) is 11.4. The highest BCUT2D eigenvalue weighted by molar-refractivity contribution is 6.38. The van der Waals surface area contributed by atoms with Gasteiger partial charge in [0.1, 0.15) is 0 Å². The van der Waals surface area contributed by atoms with Gasteiger partial charge in [-0.3, -0.25) is 9.59 Å². The molecule has 0 radical (unpaired) electrons. The average molecular weight is 199 g/mol. The third kappa shape index (κ3) is 5.12. The third-order valence-corrected chi connectivity index (χ3v) is 1.85. The first kappa shape index (κ1) is 13.3. The summed E-state index contributed by atoms with van der Waals surface area (Å²) in [6, 6.07) is -0.322. The Bertz CT molecular complexity index is 216. The van der Waals surface area contributed by atoms with Crippen LogP contribution in [0.25, 0.3) is 0 Å². The molecule has 0 spiro atoms. The summed E-state index contributed by atoms with van der Waals surface area (Å²) in [6.07, 6.45) is 1.61. The van der Waals surface area contributed by atoms with Crippen LogP contribution in [0.1, 0.15) is 47.5 Å². The second-order valence-electron chi connectivity index (χ2n) is 4.66. The second-order valence-corrected chi connectivity index (χ2v) is 4.66. The summed E-state index contributed by atoms with van der Waals surface area (Å²) in [5, 5.41) is 3.17. The predicted octanol–water partition coefficient (Wildman–Crippen LogP) is 1.70. The Balaban J connectivity index is 4.44. The Morgan fingerprint density at radius 2 is 1.79 bits per heavy atom. The summed E-state index contributed by atoms with van der Waals surface area (Å²) in [6.45, 7) is 9.30. The smallest absolute Gasteiger partial charge is 0.214 e. The lowest BCUT2D eigenvalue weighted by molar-refractivity contribution is -0.137. The molecule has 3 heteroatoms. The van der Waals surface area contributed by atoms with E-state index >= 15 is 0 Å². The van der Waals surface area contributed by atoms with Gasteiger partial charge in [0.25, 0.3) is 0 Å². The molecular weight excluding hydrogens is 178 g/mol. The highest BCUT2D eigenvalue weighted by atomic mass is 16.2. The van der Waals surface area contributed by atoms with Gasteiger partial charge in [0, 0.05) is 12.5 Å². The Morgan fingerprint density at radius 1 is 1.29 bits per heavy atom. The van der Waals surface area contributed by atoms with Crippen molar-refractivity contribution in [1.29, 1.82) is 0 Å². The first-order valence-corrected chi connectivity index (χ1v) is 5.10. The Hall–Kier alpha value is -0.700. The monoisotopic (exact) mass is 199 g/mol. The van der Waals surface area contributed by atoms with Crippen LogP contribution >= 0.6 is 0 Å². The molecule has 0 bridgehead atoms. The SMILES string of the molecule is CCC[C@H](NC(C)(C)C)C(=O)C(C)=O. The van der Waals surface area contributed by atoms with Crippen molar-refractivity contribution < 1.29 is 9.59 Å². The van der Waals surface area contributed by atoms with Crippen LogP contribution in [0.2, 0.25) is 0 Å².